The Hall–Kier alpha value is -1.06. The van der Waals surface area contributed by atoms with Gasteiger partial charge in [-0.3, -0.25) is 9.59 Å². The molecule has 0 rings (SSSR count). The number of carbonyl (C=O) groups is 2. The maximum absolute atomic E-state index is 10.7. The van der Waals surface area contributed by atoms with E-state index in [0.717, 1.165) is 31.6 Å². The van der Waals surface area contributed by atoms with E-state index in [1.165, 1.54) is 186 Å². The summed E-state index contributed by atoms with van der Waals surface area (Å²) in [4.78, 5) is 21.4. The van der Waals surface area contributed by atoms with Gasteiger partial charge in [-0.1, -0.05) is 206 Å². The van der Waals surface area contributed by atoms with E-state index in [-0.39, 0.29) is 11.8 Å². The lowest BCUT2D eigenvalue weighted by Gasteiger charge is -2.14. The molecular weight excluding hydrogens is 528 g/mol. The van der Waals surface area contributed by atoms with E-state index in [9.17, 15) is 9.59 Å². The van der Waals surface area contributed by atoms with Crippen molar-refractivity contribution in [2.45, 2.75) is 232 Å². The summed E-state index contributed by atoms with van der Waals surface area (Å²) in [6.07, 6.45) is 46.3. The number of unbranched alkanes of at least 4 members (excludes halogenated alkanes) is 28. The molecule has 0 heterocycles. The van der Waals surface area contributed by atoms with Crippen LogP contribution < -0.4 is 11.5 Å². The molecule has 0 atom stereocenters. The molecular formula is C39H78N2O2. The van der Waals surface area contributed by atoms with Gasteiger partial charge in [0, 0.05) is 12.8 Å². The zero-order chi connectivity index (χ0) is 31.5. The van der Waals surface area contributed by atoms with Crippen LogP contribution in [0.25, 0.3) is 0 Å². The molecule has 0 aliphatic rings. The van der Waals surface area contributed by atoms with E-state index in [2.05, 4.69) is 6.92 Å². The number of carbonyl (C=O) groups excluding carboxylic acids is 2. The first-order valence-electron chi connectivity index (χ1n) is 19.6. The molecule has 0 bridgehead atoms. The molecule has 0 saturated carbocycles. The number of primary amides is 2. The highest BCUT2D eigenvalue weighted by Crippen LogP contribution is 2.22. The molecule has 0 fully saturated rings. The van der Waals surface area contributed by atoms with Gasteiger partial charge < -0.3 is 11.5 Å². The maximum atomic E-state index is 10.7. The van der Waals surface area contributed by atoms with Crippen molar-refractivity contribution in [1.82, 2.24) is 0 Å². The molecule has 0 aromatic rings. The zero-order valence-electron chi connectivity index (χ0n) is 29.3. The van der Waals surface area contributed by atoms with Gasteiger partial charge in [0.15, 0.2) is 0 Å². The minimum atomic E-state index is -0.152. The number of nitrogens with two attached hydrogens (primary N) is 2. The molecule has 0 aliphatic heterocycles. The van der Waals surface area contributed by atoms with Gasteiger partial charge in [-0.05, 0) is 18.8 Å². The topological polar surface area (TPSA) is 86.2 Å². The fourth-order valence-corrected chi connectivity index (χ4v) is 6.61. The molecule has 256 valence electrons. The van der Waals surface area contributed by atoms with Crippen molar-refractivity contribution in [1.29, 1.82) is 0 Å². The van der Waals surface area contributed by atoms with Crippen molar-refractivity contribution in [3.8, 4) is 0 Å². The largest absolute Gasteiger partial charge is 0.370 e. The summed E-state index contributed by atoms with van der Waals surface area (Å²) < 4.78 is 0. The second kappa shape index (κ2) is 35.4. The molecule has 43 heavy (non-hydrogen) atoms. The highest BCUT2D eigenvalue weighted by atomic mass is 16.1. The Morgan fingerprint density at radius 3 is 0.721 bits per heavy atom. The lowest BCUT2D eigenvalue weighted by atomic mass is 9.92. The first kappa shape index (κ1) is 41.9. The Bertz CT molecular complexity index is 532. The van der Waals surface area contributed by atoms with E-state index in [1.54, 1.807) is 0 Å². The molecule has 0 aromatic carbocycles. The number of rotatable bonds is 37. The quantitative estimate of drug-likeness (QED) is 0.0689. The van der Waals surface area contributed by atoms with Crippen LogP contribution in [-0.4, -0.2) is 11.8 Å². The molecule has 2 amide bonds. The van der Waals surface area contributed by atoms with Gasteiger partial charge in [0.1, 0.15) is 0 Å². The first-order chi connectivity index (χ1) is 21.1. The molecule has 4 N–H and O–H groups in total. The van der Waals surface area contributed by atoms with E-state index in [4.69, 9.17) is 11.5 Å². The highest BCUT2D eigenvalue weighted by Gasteiger charge is 2.06. The van der Waals surface area contributed by atoms with Gasteiger partial charge in [0.05, 0.1) is 0 Å². The summed E-state index contributed by atoms with van der Waals surface area (Å²) in [6, 6.07) is 0. The van der Waals surface area contributed by atoms with Gasteiger partial charge in [-0.2, -0.15) is 0 Å². The van der Waals surface area contributed by atoms with Crippen LogP contribution in [0.5, 0.6) is 0 Å². The second-order valence-corrected chi connectivity index (χ2v) is 13.9. The van der Waals surface area contributed by atoms with Crippen LogP contribution in [0.3, 0.4) is 0 Å². The minimum Gasteiger partial charge on any atom is -0.370 e. The SMILES string of the molecule is CCC(CCCCCCCCCCCCCCCCCC(N)=O)CCCCCCCCCCCCCCCCCC(N)=O. The normalized spacial score (nSPS) is 11.5. The first-order valence-corrected chi connectivity index (χ1v) is 19.6. The Morgan fingerprint density at radius 2 is 0.535 bits per heavy atom. The number of amides is 2. The second-order valence-electron chi connectivity index (χ2n) is 13.9. The van der Waals surface area contributed by atoms with Gasteiger partial charge in [0.25, 0.3) is 0 Å². The number of hydrogen-bond acceptors (Lipinski definition) is 2. The monoisotopic (exact) mass is 607 g/mol. The molecule has 0 unspecified atom stereocenters. The minimum absolute atomic E-state index is 0.152. The van der Waals surface area contributed by atoms with Crippen LogP contribution in [-0.2, 0) is 9.59 Å². The third-order valence-electron chi connectivity index (χ3n) is 9.65. The van der Waals surface area contributed by atoms with E-state index in [1.807, 2.05) is 0 Å². The maximum Gasteiger partial charge on any atom is 0.217 e. The lowest BCUT2D eigenvalue weighted by Crippen LogP contribution is -2.09. The predicted molar refractivity (Wildman–Crippen MR) is 189 cm³/mol. The van der Waals surface area contributed by atoms with E-state index >= 15 is 0 Å². The van der Waals surface area contributed by atoms with Crippen molar-refractivity contribution in [2.75, 3.05) is 0 Å². The Kier molecular flexibility index (Phi) is 34.5. The standard InChI is InChI=1S/C39H78N2O2/c1-2-37(33-29-25-21-17-13-9-5-3-7-11-15-19-23-27-31-35-38(40)42)34-30-26-22-18-14-10-6-4-8-12-16-20-24-28-32-36-39(41)43/h37H,2-36H2,1H3,(H2,40,42)(H2,41,43). The number of hydrogen-bond donors (Lipinski definition) is 2. The van der Waals surface area contributed by atoms with E-state index < -0.39 is 0 Å². The van der Waals surface area contributed by atoms with Crippen molar-refractivity contribution in [3.05, 3.63) is 0 Å². The van der Waals surface area contributed by atoms with Crippen molar-refractivity contribution >= 4 is 11.8 Å². The summed E-state index contributed by atoms with van der Waals surface area (Å²) in [7, 11) is 0. The van der Waals surface area contributed by atoms with Crippen LogP contribution in [0.2, 0.25) is 0 Å². The zero-order valence-corrected chi connectivity index (χ0v) is 29.3. The van der Waals surface area contributed by atoms with Crippen LogP contribution >= 0.6 is 0 Å². The Balaban J connectivity index is 3.26. The third kappa shape index (κ3) is 37.0. The summed E-state index contributed by atoms with van der Waals surface area (Å²) in [5.41, 5.74) is 10.4. The fraction of sp³-hybridized carbons (Fsp3) is 0.949. The van der Waals surface area contributed by atoms with Gasteiger partial charge in [0.2, 0.25) is 11.8 Å². The van der Waals surface area contributed by atoms with Crippen LogP contribution in [0.4, 0.5) is 0 Å². The molecule has 0 aromatic heterocycles. The smallest absolute Gasteiger partial charge is 0.217 e. The highest BCUT2D eigenvalue weighted by molar-refractivity contribution is 5.73. The van der Waals surface area contributed by atoms with Gasteiger partial charge in [-0.15, -0.1) is 0 Å². The molecule has 4 nitrogen and oxygen atoms in total. The average Bonchev–Trinajstić information content (AvgIpc) is 2.98. The van der Waals surface area contributed by atoms with Crippen LogP contribution in [0.15, 0.2) is 0 Å². The molecule has 0 saturated heterocycles. The summed E-state index contributed by atoms with van der Waals surface area (Å²) in [5, 5.41) is 0. The van der Waals surface area contributed by atoms with Crippen molar-refractivity contribution in [3.63, 3.8) is 0 Å². The summed E-state index contributed by atoms with van der Waals surface area (Å²) in [5.74, 6) is 0.673. The predicted octanol–water partition coefficient (Wildman–Crippen LogP) is 12.2. The molecule has 0 radical (unpaired) electrons. The molecule has 4 heteroatoms. The molecule has 0 spiro atoms. The van der Waals surface area contributed by atoms with Crippen LogP contribution in [0, 0.1) is 5.92 Å². The van der Waals surface area contributed by atoms with Gasteiger partial charge in [-0.25, -0.2) is 0 Å². The summed E-state index contributed by atoms with van der Waals surface area (Å²) >= 11 is 0. The van der Waals surface area contributed by atoms with Crippen LogP contribution in [0.1, 0.15) is 232 Å². The summed E-state index contributed by atoms with van der Waals surface area (Å²) in [6.45, 7) is 2.41. The Labute approximate surface area is 270 Å². The van der Waals surface area contributed by atoms with Gasteiger partial charge >= 0.3 is 0 Å². The fourth-order valence-electron chi connectivity index (χ4n) is 6.61. The van der Waals surface area contributed by atoms with Crippen molar-refractivity contribution in [2.24, 2.45) is 17.4 Å². The Morgan fingerprint density at radius 1 is 0.349 bits per heavy atom. The third-order valence-corrected chi connectivity index (χ3v) is 9.65. The lowest BCUT2D eigenvalue weighted by molar-refractivity contribution is -0.119. The van der Waals surface area contributed by atoms with E-state index in [0.29, 0.717) is 12.8 Å². The molecule has 0 aliphatic carbocycles. The van der Waals surface area contributed by atoms with Crippen molar-refractivity contribution < 1.29 is 9.59 Å². The average molecular weight is 607 g/mol.